The molecule has 1 atom stereocenters. The van der Waals surface area contributed by atoms with Crippen LogP contribution in [-0.2, 0) is 14.5 Å². The standard InChI is InChI=1S/C17H14ClF3O2S/c1-2-23-15(22)16(19,20)17(21,12-6-4-3-5-7-12)24-14-10-8-13(18)9-11-14/h3-11H,2H2,1H3. The summed E-state index contributed by atoms with van der Waals surface area (Å²) in [5.74, 6) is -6.29. The van der Waals surface area contributed by atoms with E-state index >= 15 is 4.39 Å². The summed E-state index contributed by atoms with van der Waals surface area (Å²) in [5.41, 5.74) is -0.331. The van der Waals surface area contributed by atoms with Crippen LogP contribution in [-0.4, -0.2) is 18.5 Å². The van der Waals surface area contributed by atoms with Gasteiger partial charge in [-0.3, -0.25) is 0 Å². The molecule has 1 unspecified atom stereocenters. The van der Waals surface area contributed by atoms with Gasteiger partial charge in [-0.25, -0.2) is 9.18 Å². The highest BCUT2D eigenvalue weighted by Crippen LogP contribution is 2.53. The van der Waals surface area contributed by atoms with Crippen molar-refractivity contribution in [3.8, 4) is 0 Å². The number of halogens is 4. The third kappa shape index (κ3) is 3.70. The van der Waals surface area contributed by atoms with Crippen molar-refractivity contribution in [1.82, 2.24) is 0 Å². The molecule has 0 aliphatic carbocycles. The lowest BCUT2D eigenvalue weighted by Gasteiger charge is -2.31. The summed E-state index contributed by atoms with van der Waals surface area (Å²) in [4.78, 5) is 11.9. The quantitative estimate of drug-likeness (QED) is 0.496. The van der Waals surface area contributed by atoms with E-state index in [0.717, 1.165) is 0 Å². The molecule has 2 aromatic rings. The number of benzene rings is 2. The number of rotatable bonds is 6. The SMILES string of the molecule is CCOC(=O)C(F)(F)C(F)(Sc1ccc(Cl)cc1)c1ccccc1. The first kappa shape index (κ1) is 18.7. The first-order valence-electron chi connectivity index (χ1n) is 7.05. The van der Waals surface area contributed by atoms with E-state index in [1.807, 2.05) is 0 Å². The molecule has 0 amide bonds. The van der Waals surface area contributed by atoms with Gasteiger partial charge in [-0.1, -0.05) is 53.7 Å². The van der Waals surface area contributed by atoms with Gasteiger partial charge in [0, 0.05) is 15.5 Å². The van der Waals surface area contributed by atoms with Crippen LogP contribution in [0.1, 0.15) is 12.5 Å². The van der Waals surface area contributed by atoms with Crippen molar-refractivity contribution in [2.24, 2.45) is 0 Å². The minimum Gasteiger partial charge on any atom is -0.461 e. The summed E-state index contributed by atoms with van der Waals surface area (Å²) in [6.07, 6.45) is 0. The van der Waals surface area contributed by atoms with Crippen LogP contribution in [0.5, 0.6) is 0 Å². The smallest absolute Gasteiger partial charge is 0.389 e. The number of thioether (sulfide) groups is 1. The molecule has 24 heavy (non-hydrogen) atoms. The van der Waals surface area contributed by atoms with Gasteiger partial charge in [0.1, 0.15) is 0 Å². The molecule has 128 valence electrons. The molecule has 0 bridgehead atoms. The highest BCUT2D eigenvalue weighted by Gasteiger charge is 2.63. The molecule has 0 aliphatic rings. The number of hydrogen-bond acceptors (Lipinski definition) is 3. The minimum absolute atomic E-state index is 0.203. The first-order valence-corrected chi connectivity index (χ1v) is 8.24. The van der Waals surface area contributed by atoms with Crippen LogP contribution < -0.4 is 0 Å². The molecule has 0 N–H and O–H groups in total. The number of carbonyl (C=O) groups excluding carboxylic acids is 1. The van der Waals surface area contributed by atoms with E-state index in [9.17, 15) is 13.6 Å². The lowest BCUT2D eigenvalue weighted by atomic mass is 10.0. The van der Waals surface area contributed by atoms with Crippen LogP contribution in [0.2, 0.25) is 5.02 Å². The summed E-state index contributed by atoms with van der Waals surface area (Å²) < 4.78 is 49.1. The van der Waals surface area contributed by atoms with E-state index in [2.05, 4.69) is 4.74 Å². The fourth-order valence-electron chi connectivity index (χ4n) is 1.97. The summed E-state index contributed by atoms with van der Waals surface area (Å²) in [6.45, 7) is 1.10. The van der Waals surface area contributed by atoms with Crippen molar-refractivity contribution < 1.29 is 22.7 Å². The molecule has 2 rings (SSSR count). The maximum absolute atomic E-state index is 15.5. The normalized spacial score (nSPS) is 14.0. The van der Waals surface area contributed by atoms with Gasteiger partial charge in [0.15, 0.2) is 0 Å². The van der Waals surface area contributed by atoms with E-state index < -0.39 is 16.9 Å². The molecule has 0 saturated carbocycles. The number of alkyl halides is 3. The number of esters is 1. The van der Waals surface area contributed by atoms with Gasteiger partial charge in [0.2, 0.25) is 0 Å². The molecule has 0 aliphatic heterocycles. The Bertz CT molecular complexity index is 695. The summed E-state index contributed by atoms with van der Waals surface area (Å²) in [5, 5.41) is -2.94. The molecule has 0 saturated heterocycles. The predicted molar refractivity (Wildman–Crippen MR) is 88.1 cm³/mol. The zero-order valence-corrected chi connectivity index (χ0v) is 14.2. The Morgan fingerprint density at radius 1 is 1.08 bits per heavy atom. The van der Waals surface area contributed by atoms with Crippen LogP contribution in [0, 0.1) is 0 Å². The molecule has 0 heterocycles. The molecular weight excluding hydrogens is 361 g/mol. The van der Waals surface area contributed by atoms with Gasteiger partial charge in [0.25, 0.3) is 5.00 Å². The molecule has 0 spiro atoms. The topological polar surface area (TPSA) is 26.3 Å². The third-order valence-electron chi connectivity index (χ3n) is 3.15. The first-order chi connectivity index (χ1) is 11.3. The molecule has 2 nitrogen and oxygen atoms in total. The highest BCUT2D eigenvalue weighted by molar-refractivity contribution is 8.00. The van der Waals surface area contributed by atoms with Gasteiger partial charge in [0.05, 0.1) is 6.61 Å². The van der Waals surface area contributed by atoms with Crippen LogP contribution >= 0.6 is 23.4 Å². The minimum atomic E-state index is -4.38. The third-order valence-corrected chi connectivity index (χ3v) is 4.69. The zero-order chi connectivity index (χ0) is 17.8. The van der Waals surface area contributed by atoms with E-state index in [4.69, 9.17) is 11.6 Å². The summed E-state index contributed by atoms with van der Waals surface area (Å²) in [7, 11) is 0. The van der Waals surface area contributed by atoms with E-state index in [0.29, 0.717) is 5.02 Å². The van der Waals surface area contributed by atoms with Crippen molar-refractivity contribution in [3.05, 3.63) is 65.2 Å². The average molecular weight is 375 g/mol. The van der Waals surface area contributed by atoms with Gasteiger partial charge < -0.3 is 4.74 Å². The van der Waals surface area contributed by atoms with Crippen molar-refractivity contribution in [2.75, 3.05) is 6.61 Å². The van der Waals surface area contributed by atoms with Crippen LogP contribution in [0.15, 0.2) is 59.5 Å². The van der Waals surface area contributed by atoms with Gasteiger partial charge in [-0.2, -0.15) is 8.78 Å². The number of carbonyl (C=O) groups is 1. The molecule has 0 radical (unpaired) electrons. The second-order valence-electron chi connectivity index (χ2n) is 4.81. The van der Waals surface area contributed by atoms with Gasteiger partial charge >= 0.3 is 11.9 Å². The molecule has 2 aromatic carbocycles. The average Bonchev–Trinajstić information content (AvgIpc) is 2.57. The Balaban J connectivity index is 2.49. The maximum Gasteiger partial charge on any atom is 0.389 e. The van der Waals surface area contributed by atoms with Gasteiger partial charge in [-0.15, -0.1) is 0 Å². The van der Waals surface area contributed by atoms with E-state index in [-0.39, 0.29) is 28.8 Å². The Morgan fingerprint density at radius 2 is 1.67 bits per heavy atom. The van der Waals surface area contributed by atoms with E-state index in [1.165, 1.54) is 55.5 Å². The Hall–Kier alpha value is -1.66. The van der Waals surface area contributed by atoms with Crippen LogP contribution in [0.3, 0.4) is 0 Å². The highest BCUT2D eigenvalue weighted by atomic mass is 35.5. The van der Waals surface area contributed by atoms with Gasteiger partial charge in [-0.05, 0) is 31.2 Å². The van der Waals surface area contributed by atoms with Crippen molar-refractivity contribution in [1.29, 1.82) is 0 Å². The largest absolute Gasteiger partial charge is 0.461 e. The van der Waals surface area contributed by atoms with Crippen molar-refractivity contribution >= 4 is 29.3 Å². The summed E-state index contributed by atoms with van der Waals surface area (Å²) >= 11 is 5.99. The Labute approximate surface area is 147 Å². The molecular formula is C17H14ClF3O2S. The second kappa shape index (κ2) is 7.49. The Morgan fingerprint density at radius 3 is 2.21 bits per heavy atom. The number of ether oxygens (including phenoxy) is 1. The van der Waals surface area contributed by atoms with Crippen LogP contribution in [0.4, 0.5) is 13.2 Å². The second-order valence-corrected chi connectivity index (χ2v) is 6.49. The molecule has 0 fully saturated rings. The fourth-order valence-corrected chi connectivity index (χ4v) is 3.16. The lowest BCUT2D eigenvalue weighted by molar-refractivity contribution is -0.186. The molecule has 0 aromatic heterocycles. The Kier molecular flexibility index (Phi) is 5.83. The summed E-state index contributed by atoms with van der Waals surface area (Å²) in [6, 6.07) is 12.6. The van der Waals surface area contributed by atoms with Crippen LogP contribution in [0.25, 0.3) is 0 Å². The van der Waals surface area contributed by atoms with E-state index in [1.54, 1.807) is 6.07 Å². The molecule has 7 heteroatoms. The maximum atomic E-state index is 15.5. The number of hydrogen-bond donors (Lipinski definition) is 0. The monoisotopic (exact) mass is 374 g/mol. The zero-order valence-electron chi connectivity index (χ0n) is 12.6. The van der Waals surface area contributed by atoms with Crippen molar-refractivity contribution in [3.63, 3.8) is 0 Å². The fraction of sp³-hybridized carbons (Fsp3) is 0.235. The predicted octanol–water partition coefficient (Wildman–Crippen LogP) is 5.45. The van der Waals surface area contributed by atoms with Crippen molar-refractivity contribution in [2.45, 2.75) is 22.7 Å². The lowest BCUT2D eigenvalue weighted by Crippen LogP contribution is -2.46.